The number of hydrogen-bond donors (Lipinski definition) is 2. The van der Waals surface area contributed by atoms with Crippen LogP contribution in [0, 0.1) is 0 Å². The Labute approximate surface area is 194 Å². The van der Waals surface area contributed by atoms with E-state index in [1.54, 1.807) is 25.2 Å². The summed E-state index contributed by atoms with van der Waals surface area (Å²) in [5.74, 6) is -0.00475. The number of rotatable bonds is 11. The van der Waals surface area contributed by atoms with Gasteiger partial charge in [0, 0.05) is 19.5 Å². The summed E-state index contributed by atoms with van der Waals surface area (Å²) < 4.78 is 44.5. The van der Waals surface area contributed by atoms with Crippen LogP contribution in [0.15, 0.2) is 76.0 Å². The SMILES string of the molecule is CCN(CCC(C)OC1=CC=C=CC=C1)S(=O)(=O)C1=CC=C(OC)C(OC)=C(C(=O)NO)C1. The number of sulfonamides is 1. The fraction of sp³-hybridized carbons (Fsp3) is 0.391. The van der Waals surface area contributed by atoms with Crippen molar-refractivity contribution in [1.29, 1.82) is 0 Å². The fourth-order valence-corrected chi connectivity index (χ4v) is 4.85. The number of hydrogen-bond acceptors (Lipinski definition) is 7. The molecule has 2 rings (SSSR count). The van der Waals surface area contributed by atoms with E-state index in [0.717, 1.165) is 0 Å². The number of ether oxygens (including phenoxy) is 3. The number of allylic oxidation sites excluding steroid dienone is 7. The highest BCUT2D eigenvalue weighted by Gasteiger charge is 2.32. The van der Waals surface area contributed by atoms with Crippen LogP contribution in [-0.4, -0.2) is 57.3 Å². The third-order valence-corrected chi connectivity index (χ3v) is 7.08. The molecule has 0 heterocycles. The third-order valence-electron chi connectivity index (χ3n) is 5.01. The molecule has 0 saturated carbocycles. The highest BCUT2D eigenvalue weighted by Crippen LogP contribution is 2.30. The van der Waals surface area contributed by atoms with Crippen molar-refractivity contribution in [2.75, 3.05) is 27.3 Å². The van der Waals surface area contributed by atoms with E-state index in [1.165, 1.54) is 36.2 Å². The molecule has 0 saturated heterocycles. The number of methoxy groups -OCH3 is 2. The maximum Gasteiger partial charge on any atom is 0.274 e. The zero-order chi connectivity index (χ0) is 24.4. The predicted molar refractivity (Wildman–Crippen MR) is 123 cm³/mol. The summed E-state index contributed by atoms with van der Waals surface area (Å²) in [6.07, 6.45) is 11.7. The second-order valence-electron chi connectivity index (χ2n) is 7.14. The largest absolute Gasteiger partial charge is 0.493 e. The summed E-state index contributed by atoms with van der Waals surface area (Å²) in [4.78, 5) is 12.2. The van der Waals surface area contributed by atoms with E-state index in [0.29, 0.717) is 12.2 Å². The minimum Gasteiger partial charge on any atom is -0.493 e. The Hall–Kier alpha value is -3.04. The van der Waals surface area contributed by atoms with Crippen LogP contribution >= 0.6 is 0 Å². The molecule has 2 aliphatic rings. The third kappa shape index (κ3) is 6.72. The van der Waals surface area contributed by atoms with Crippen molar-refractivity contribution in [2.24, 2.45) is 0 Å². The Morgan fingerprint density at radius 2 is 2.00 bits per heavy atom. The van der Waals surface area contributed by atoms with Gasteiger partial charge in [0.05, 0.1) is 30.8 Å². The second-order valence-corrected chi connectivity index (χ2v) is 9.13. The first-order valence-electron chi connectivity index (χ1n) is 10.4. The Kier molecular flexibility index (Phi) is 9.74. The summed E-state index contributed by atoms with van der Waals surface area (Å²) in [5, 5.41) is 9.13. The quantitative estimate of drug-likeness (QED) is 0.267. The molecule has 9 nitrogen and oxygen atoms in total. The average Bonchev–Trinajstić information content (AvgIpc) is 3.17. The van der Waals surface area contributed by atoms with Crippen molar-refractivity contribution < 1.29 is 32.6 Å². The molecule has 0 bridgehead atoms. The maximum absolute atomic E-state index is 13.4. The van der Waals surface area contributed by atoms with Gasteiger partial charge in [-0.05, 0) is 49.8 Å². The van der Waals surface area contributed by atoms with Crippen molar-refractivity contribution in [3.63, 3.8) is 0 Å². The van der Waals surface area contributed by atoms with Crippen molar-refractivity contribution in [3.8, 4) is 0 Å². The van der Waals surface area contributed by atoms with Crippen LogP contribution in [0.1, 0.15) is 26.7 Å². The van der Waals surface area contributed by atoms with E-state index in [1.807, 2.05) is 19.1 Å². The molecule has 0 aromatic heterocycles. The number of carbonyl (C=O) groups excluding carboxylic acids is 1. The standard InChI is InChI=1S/C23H30N2O7S/c1-5-25(15-14-17(2)32-18-10-8-6-7-9-11-18)33(28,29)19-12-13-21(30-3)22(31-4)20(16-19)23(26)24-27/h6,8-13,17,27H,5,14-16H2,1-4H3,(H,24,26). The molecule has 2 N–H and O–H groups in total. The van der Waals surface area contributed by atoms with Gasteiger partial charge < -0.3 is 14.2 Å². The molecule has 1 atom stereocenters. The van der Waals surface area contributed by atoms with Crippen molar-refractivity contribution in [2.45, 2.75) is 32.8 Å². The van der Waals surface area contributed by atoms with Gasteiger partial charge in [-0.25, -0.2) is 13.9 Å². The zero-order valence-electron chi connectivity index (χ0n) is 19.2. The van der Waals surface area contributed by atoms with Gasteiger partial charge in [0.25, 0.3) is 5.91 Å². The highest BCUT2D eigenvalue weighted by molar-refractivity contribution is 7.93. The van der Waals surface area contributed by atoms with Crippen molar-refractivity contribution in [3.05, 3.63) is 76.0 Å². The smallest absolute Gasteiger partial charge is 0.274 e. The van der Waals surface area contributed by atoms with Crippen LogP contribution in [0.5, 0.6) is 0 Å². The molecule has 2 aliphatic carbocycles. The molecule has 0 aliphatic heterocycles. The minimum absolute atomic E-state index is 0.0243. The number of amides is 1. The van der Waals surface area contributed by atoms with Gasteiger partial charge in [-0.3, -0.25) is 10.0 Å². The van der Waals surface area contributed by atoms with Crippen molar-refractivity contribution in [1.82, 2.24) is 9.79 Å². The number of nitrogens with one attached hydrogen (secondary N) is 1. The van der Waals surface area contributed by atoms with E-state index in [2.05, 4.69) is 5.73 Å². The van der Waals surface area contributed by atoms with E-state index in [-0.39, 0.29) is 47.6 Å². The molecule has 1 unspecified atom stereocenters. The zero-order valence-corrected chi connectivity index (χ0v) is 20.0. The van der Waals surface area contributed by atoms with Crippen molar-refractivity contribution >= 4 is 15.9 Å². The highest BCUT2D eigenvalue weighted by atomic mass is 32.2. The Balaban J connectivity index is 2.21. The van der Waals surface area contributed by atoms with Gasteiger partial charge >= 0.3 is 0 Å². The Morgan fingerprint density at radius 1 is 1.24 bits per heavy atom. The average molecular weight is 479 g/mol. The molecular formula is C23H30N2O7S. The first-order chi connectivity index (χ1) is 15.8. The fourth-order valence-electron chi connectivity index (χ4n) is 3.27. The molecule has 0 aromatic carbocycles. The van der Waals surface area contributed by atoms with Gasteiger partial charge in [0.2, 0.25) is 10.0 Å². The van der Waals surface area contributed by atoms with Crippen LogP contribution in [0.3, 0.4) is 0 Å². The molecule has 10 heteroatoms. The van der Waals surface area contributed by atoms with E-state index < -0.39 is 15.9 Å². The Bertz CT molecular complexity index is 1060. The number of hydroxylamine groups is 1. The molecule has 1 amide bonds. The minimum atomic E-state index is -3.93. The molecule has 0 aromatic rings. The molecule has 0 radical (unpaired) electrons. The molecule has 0 spiro atoms. The van der Waals surface area contributed by atoms with E-state index in [9.17, 15) is 13.2 Å². The normalized spacial score (nSPS) is 17.0. The van der Waals surface area contributed by atoms with Gasteiger partial charge in [-0.2, -0.15) is 4.31 Å². The first-order valence-corrected chi connectivity index (χ1v) is 11.9. The molecule has 0 fully saturated rings. The summed E-state index contributed by atoms with van der Waals surface area (Å²) >= 11 is 0. The number of carbonyl (C=O) groups is 1. The van der Waals surface area contributed by atoms with Gasteiger partial charge in [0.15, 0.2) is 11.5 Å². The van der Waals surface area contributed by atoms with Crippen LogP contribution in [0.4, 0.5) is 0 Å². The molecular weight excluding hydrogens is 448 g/mol. The first kappa shape index (κ1) is 26.2. The van der Waals surface area contributed by atoms with E-state index in [4.69, 9.17) is 19.4 Å². The second kappa shape index (κ2) is 12.3. The summed E-state index contributed by atoms with van der Waals surface area (Å²) in [6.45, 7) is 4.05. The Morgan fingerprint density at radius 3 is 2.64 bits per heavy atom. The predicted octanol–water partition coefficient (Wildman–Crippen LogP) is 2.82. The van der Waals surface area contributed by atoms with Crippen LogP contribution in [-0.2, 0) is 29.0 Å². The topological polar surface area (TPSA) is 114 Å². The van der Waals surface area contributed by atoms with E-state index >= 15 is 0 Å². The van der Waals surface area contributed by atoms with Gasteiger partial charge in [-0.15, -0.1) is 5.73 Å². The summed E-state index contributed by atoms with van der Waals surface area (Å²) in [5.41, 5.74) is 4.41. The molecule has 180 valence electrons. The van der Waals surface area contributed by atoms with Crippen LogP contribution in [0.25, 0.3) is 0 Å². The number of nitrogens with zero attached hydrogens (tertiary/aromatic N) is 1. The van der Waals surface area contributed by atoms with Crippen LogP contribution in [0.2, 0.25) is 0 Å². The lowest BCUT2D eigenvalue weighted by atomic mass is 10.1. The van der Waals surface area contributed by atoms with Gasteiger partial charge in [-0.1, -0.05) is 13.0 Å². The lowest BCUT2D eigenvalue weighted by molar-refractivity contribution is -0.125. The lowest BCUT2D eigenvalue weighted by Gasteiger charge is -2.24. The summed E-state index contributed by atoms with van der Waals surface area (Å²) in [7, 11) is -1.23. The maximum atomic E-state index is 13.4. The molecule has 33 heavy (non-hydrogen) atoms. The lowest BCUT2D eigenvalue weighted by Crippen LogP contribution is -2.35. The monoisotopic (exact) mass is 478 g/mol. The summed E-state index contributed by atoms with van der Waals surface area (Å²) in [6, 6.07) is 0. The van der Waals surface area contributed by atoms with Gasteiger partial charge in [0.1, 0.15) is 5.76 Å². The van der Waals surface area contributed by atoms with Crippen LogP contribution < -0.4 is 5.48 Å².